The summed E-state index contributed by atoms with van der Waals surface area (Å²) < 4.78 is 10.8. The predicted octanol–water partition coefficient (Wildman–Crippen LogP) is 3.98. The first-order valence-corrected chi connectivity index (χ1v) is 7.37. The number of hydrogen-bond acceptors (Lipinski definition) is 5. The lowest BCUT2D eigenvalue weighted by Crippen LogP contribution is -2.27. The molecule has 0 aliphatic carbocycles. The molecule has 1 N–H and O–H groups in total. The highest BCUT2D eigenvalue weighted by atomic mass is 16.6. The zero-order valence-corrected chi connectivity index (χ0v) is 13.8. The summed E-state index contributed by atoms with van der Waals surface area (Å²) >= 11 is 0. The molecular weight excluding hydrogens is 294 g/mol. The first-order valence-electron chi connectivity index (χ1n) is 7.37. The molecule has 1 amide bonds. The second-order valence-electron chi connectivity index (χ2n) is 5.90. The molecule has 0 aromatic carbocycles. The van der Waals surface area contributed by atoms with Gasteiger partial charge in [0.05, 0.1) is 29.6 Å². The van der Waals surface area contributed by atoms with Gasteiger partial charge < -0.3 is 9.47 Å². The normalized spacial score (nSPS) is 11.1. The van der Waals surface area contributed by atoms with Crippen LogP contribution < -0.4 is 5.32 Å². The molecule has 0 atom stereocenters. The molecular formula is C17H21N3O3. The fourth-order valence-corrected chi connectivity index (χ4v) is 2.06. The van der Waals surface area contributed by atoms with E-state index in [4.69, 9.17) is 9.47 Å². The van der Waals surface area contributed by atoms with Gasteiger partial charge in [0.15, 0.2) is 0 Å². The van der Waals surface area contributed by atoms with Crippen LogP contribution in [0.4, 0.5) is 10.5 Å². The fraction of sp³-hybridized carbons (Fsp3) is 0.353. The molecule has 2 heterocycles. The summed E-state index contributed by atoms with van der Waals surface area (Å²) in [5.41, 5.74) is 1.76. The lowest BCUT2D eigenvalue weighted by molar-refractivity contribution is 0.0636. The summed E-state index contributed by atoms with van der Waals surface area (Å²) in [7, 11) is 0. The van der Waals surface area contributed by atoms with E-state index in [0.717, 1.165) is 0 Å². The van der Waals surface area contributed by atoms with E-state index in [1.165, 1.54) is 0 Å². The number of aromatic nitrogens is 2. The summed E-state index contributed by atoms with van der Waals surface area (Å²) in [5, 5.41) is 2.69. The average Bonchev–Trinajstić information content (AvgIpc) is 2.45. The molecule has 122 valence electrons. The number of nitrogens with zero attached hydrogens (tertiary/aromatic N) is 2. The third-order valence-electron chi connectivity index (χ3n) is 2.86. The molecule has 0 bridgehead atoms. The van der Waals surface area contributed by atoms with Crippen molar-refractivity contribution in [1.82, 2.24) is 9.97 Å². The van der Waals surface area contributed by atoms with Gasteiger partial charge in [-0.05, 0) is 39.8 Å². The molecule has 0 saturated carbocycles. The number of ether oxygens (including phenoxy) is 2. The van der Waals surface area contributed by atoms with Crippen LogP contribution >= 0.6 is 0 Å². The van der Waals surface area contributed by atoms with E-state index >= 15 is 0 Å². The Kier molecular flexibility index (Phi) is 4.83. The minimum atomic E-state index is -0.594. The topological polar surface area (TPSA) is 73.3 Å². The lowest BCUT2D eigenvalue weighted by Gasteiger charge is -2.21. The highest BCUT2D eigenvalue weighted by Gasteiger charge is 2.20. The zero-order valence-electron chi connectivity index (χ0n) is 13.8. The molecule has 2 aromatic rings. The number of rotatable bonds is 4. The van der Waals surface area contributed by atoms with Gasteiger partial charge in [0.25, 0.3) is 0 Å². The van der Waals surface area contributed by atoms with Crippen LogP contribution in [-0.2, 0) is 9.47 Å². The third kappa shape index (κ3) is 4.18. The van der Waals surface area contributed by atoms with E-state index < -0.39 is 11.7 Å². The van der Waals surface area contributed by atoms with Crippen molar-refractivity contribution < 1.29 is 14.3 Å². The van der Waals surface area contributed by atoms with E-state index in [-0.39, 0.29) is 0 Å². The first-order chi connectivity index (χ1) is 10.8. The van der Waals surface area contributed by atoms with Gasteiger partial charge in [0, 0.05) is 6.20 Å². The molecule has 23 heavy (non-hydrogen) atoms. The quantitative estimate of drug-likeness (QED) is 0.864. The minimum Gasteiger partial charge on any atom is -0.494 e. The van der Waals surface area contributed by atoms with Crippen molar-refractivity contribution in [3.63, 3.8) is 0 Å². The molecule has 0 unspecified atom stereocenters. The van der Waals surface area contributed by atoms with Crippen molar-refractivity contribution in [2.75, 3.05) is 11.9 Å². The largest absolute Gasteiger partial charge is 0.494 e. The second kappa shape index (κ2) is 6.64. The van der Waals surface area contributed by atoms with Crippen molar-refractivity contribution in [2.45, 2.75) is 33.3 Å². The maximum atomic E-state index is 12.0. The minimum absolute atomic E-state index is 0.421. The lowest BCUT2D eigenvalue weighted by atomic mass is 10.1. The van der Waals surface area contributed by atoms with Gasteiger partial charge in [-0.3, -0.25) is 15.3 Å². The van der Waals surface area contributed by atoms with Crippen LogP contribution in [0.15, 0.2) is 31.1 Å². The summed E-state index contributed by atoms with van der Waals surface area (Å²) in [5.74, 6) is 0.421. The molecule has 0 radical (unpaired) electrons. The van der Waals surface area contributed by atoms with Gasteiger partial charge in [-0.1, -0.05) is 6.58 Å². The van der Waals surface area contributed by atoms with Gasteiger partial charge in [-0.2, -0.15) is 0 Å². The van der Waals surface area contributed by atoms with Crippen molar-refractivity contribution in [3.8, 4) is 0 Å². The molecule has 0 fully saturated rings. The van der Waals surface area contributed by atoms with Crippen LogP contribution in [0.1, 0.15) is 33.3 Å². The molecule has 0 aliphatic heterocycles. The number of carbonyl (C=O) groups excluding carboxylic acids is 1. The Hall–Kier alpha value is -2.63. The summed E-state index contributed by atoms with van der Waals surface area (Å²) in [4.78, 5) is 20.7. The fourth-order valence-electron chi connectivity index (χ4n) is 2.06. The number of hydrogen-bond donors (Lipinski definition) is 1. The Labute approximate surface area is 135 Å². The first kappa shape index (κ1) is 16.7. The summed E-state index contributed by atoms with van der Waals surface area (Å²) in [6, 6.07) is 3.63. The van der Waals surface area contributed by atoms with E-state index in [1.807, 2.05) is 13.0 Å². The summed E-state index contributed by atoms with van der Waals surface area (Å²) in [6.07, 6.45) is 2.64. The van der Waals surface area contributed by atoms with Gasteiger partial charge in [0.1, 0.15) is 16.9 Å². The van der Waals surface area contributed by atoms with Gasteiger partial charge in [0.2, 0.25) is 0 Å². The van der Waals surface area contributed by atoms with Crippen LogP contribution in [0.2, 0.25) is 0 Å². The number of anilines is 1. The average molecular weight is 315 g/mol. The summed E-state index contributed by atoms with van der Waals surface area (Å²) in [6.45, 7) is 11.6. The Morgan fingerprint density at radius 1 is 1.35 bits per heavy atom. The Morgan fingerprint density at radius 3 is 2.74 bits per heavy atom. The van der Waals surface area contributed by atoms with E-state index in [9.17, 15) is 4.79 Å². The van der Waals surface area contributed by atoms with Crippen molar-refractivity contribution in [3.05, 3.63) is 36.7 Å². The van der Waals surface area contributed by atoms with E-state index in [2.05, 4.69) is 21.9 Å². The zero-order chi connectivity index (χ0) is 17.0. The smallest absolute Gasteiger partial charge is 0.412 e. The number of amides is 1. The van der Waals surface area contributed by atoms with Crippen molar-refractivity contribution >= 4 is 28.6 Å². The molecule has 2 aromatic heterocycles. The van der Waals surface area contributed by atoms with Gasteiger partial charge in [-0.15, -0.1) is 0 Å². The maximum absolute atomic E-state index is 12.0. The van der Waals surface area contributed by atoms with E-state index in [1.54, 1.807) is 39.2 Å². The van der Waals surface area contributed by atoms with Crippen molar-refractivity contribution in [2.24, 2.45) is 0 Å². The molecule has 6 heteroatoms. The van der Waals surface area contributed by atoms with Crippen LogP contribution in [0.5, 0.6) is 0 Å². The van der Waals surface area contributed by atoms with Gasteiger partial charge in [-0.25, -0.2) is 4.79 Å². The number of nitrogens with one attached hydrogen (secondary N) is 1. The Morgan fingerprint density at radius 2 is 2.09 bits per heavy atom. The van der Waals surface area contributed by atoms with Gasteiger partial charge >= 0.3 is 6.09 Å². The molecule has 0 spiro atoms. The second-order valence-corrected chi connectivity index (χ2v) is 5.90. The highest BCUT2D eigenvalue weighted by molar-refractivity contribution is 5.97. The molecule has 6 nitrogen and oxygen atoms in total. The predicted molar refractivity (Wildman–Crippen MR) is 90.1 cm³/mol. The molecule has 2 rings (SSSR count). The molecule has 0 aliphatic rings. The maximum Gasteiger partial charge on any atom is 0.412 e. The number of fused-ring (bicyclic) bond motifs is 1. The van der Waals surface area contributed by atoms with Crippen LogP contribution in [0.25, 0.3) is 16.8 Å². The number of pyridine rings is 2. The highest BCUT2D eigenvalue weighted by Crippen LogP contribution is 2.29. The third-order valence-corrected chi connectivity index (χ3v) is 2.86. The SMILES string of the molecule is C=C(OCC)c1c(NC(=O)OC(C)(C)C)cnc2cccnc12. The van der Waals surface area contributed by atoms with E-state index in [0.29, 0.717) is 34.7 Å². The standard InChI is InChI=1S/C17H21N3O3/c1-6-22-11(2)14-13(20-16(21)23-17(3,4)5)10-19-12-8-7-9-18-15(12)14/h7-10H,2,6H2,1,3-5H3,(H,20,21). The van der Waals surface area contributed by atoms with Crippen molar-refractivity contribution in [1.29, 1.82) is 0 Å². The number of carbonyl (C=O) groups is 1. The molecule has 0 saturated heterocycles. The van der Waals surface area contributed by atoms with Crippen LogP contribution in [0.3, 0.4) is 0 Å². The van der Waals surface area contributed by atoms with Crippen LogP contribution in [-0.4, -0.2) is 28.3 Å². The monoisotopic (exact) mass is 315 g/mol. The Balaban J connectivity index is 2.44. The Bertz CT molecular complexity index is 735. The van der Waals surface area contributed by atoms with Crippen LogP contribution in [0, 0.1) is 0 Å².